The molecule has 1 aromatic heterocycles. The molecular weight excluding hydrogens is 245 g/mol. The Labute approximate surface area is 102 Å². The average Bonchev–Trinajstić information content (AvgIpc) is 2.33. The van der Waals surface area contributed by atoms with E-state index in [0.29, 0.717) is 5.56 Å². The predicted molar refractivity (Wildman–Crippen MR) is 62.8 cm³/mol. The molecule has 0 saturated carbocycles. The van der Waals surface area contributed by atoms with Crippen molar-refractivity contribution >= 4 is 17.4 Å². The molecule has 88 valence electrons. The average molecular weight is 254 g/mol. The Morgan fingerprint density at radius 2 is 2.06 bits per heavy atom. The minimum Gasteiger partial charge on any atom is -0.392 e. The van der Waals surface area contributed by atoms with Gasteiger partial charge in [-0.3, -0.25) is 0 Å². The summed E-state index contributed by atoms with van der Waals surface area (Å²) < 4.78 is 14.0. The van der Waals surface area contributed by atoms with Gasteiger partial charge in [-0.05, 0) is 6.07 Å². The number of aliphatic hydroxyl groups excluding tert-OH is 1. The summed E-state index contributed by atoms with van der Waals surface area (Å²) in [5.74, 6) is -0.450. The number of nitrogen functional groups attached to an aromatic ring is 1. The molecule has 6 heteroatoms. The summed E-state index contributed by atoms with van der Waals surface area (Å²) in [5.41, 5.74) is 6.41. The van der Waals surface area contributed by atoms with Gasteiger partial charge in [0.15, 0.2) is 11.0 Å². The van der Waals surface area contributed by atoms with E-state index in [1.165, 1.54) is 18.2 Å². The van der Waals surface area contributed by atoms with Crippen molar-refractivity contribution in [2.24, 2.45) is 0 Å². The monoisotopic (exact) mass is 253 g/mol. The molecule has 0 radical (unpaired) electrons. The Hall–Kier alpha value is -1.72. The predicted octanol–water partition coefficient (Wildman–Crippen LogP) is 2.01. The normalized spacial score (nSPS) is 10.5. The number of nitrogens with two attached hydrogens (primary N) is 1. The number of halogens is 2. The van der Waals surface area contributed by atoms with Crippen LogP contribution >= 0.6 is 11.6 Å². The second kappa shape index (κ2) is 4.65. The molecule has 3 N–H and O–H groups in total. The molecule has 1 aromatic carbocycles. The van der Waals surface area contributed by atoms with Gasteiger partial charge in [0, 0.05) is 16.7 Å². The van der Waals surface area contributed by atoms with Crippen molar-refractivity contribution in [2.45, 2.75) is 6.61 Å². The van der Waals surface area contributed by atoms with Crippen LogP contribution in [-0.2, 0) is 6.61 Å². The molecule has 0 aliphatic carbocycles. The molecule has 17 heavy (non-hydrogen) atoms. The number of nitrogens with zero attached hydrogens (tertiary/aromatic N) is 2. The van der Waals surface area contributed by atoms with Crippen LogP contribution in [-0.4, -0.2) is 15.3 Å². The first-order valence-corrected chi connectivity index (χ1v) is 5.18. The van der Waals surface area contributed by atoms with E-state index in [2.05, 4.69) is 10.2 Å². The lowest BCUT2D eigenvalue weighted by Gasteiger charge is -2.08. The molecule has 0 spiro atoms. The zero-order valence-corrected chi connectivity index (χ0v) is 9.45. The van der Waals surface area contributed by atoms with E-state index in [4.69, 9.17) is 22.4 Å². The molecule has 2 rings (SSSR count). The molecule has 4 nitrogen and oxygen atoms in total. The topological polar surface area (TPSA) is 72.0 Å². The largest absolute Gasteiger partial charge is 0.392 e. The lowest BCUT2D eigenvalue weighted by Crippen LogP contribution is -2.00. The third kappa shape index (κ3) is 2.20. The van der Waals surface area contributed by atoms with Crippen LogP contribution in [0.5, 0.6) is 0 Å². The maximum Gasteiger partial charge on any atom is 0.154 e. The van der Waals surface area contributed by atoms with Gasteiger partial charge in [-0.15, -0.1) is 10.2 Å². The van der Waals surface area contributed by atoms with Crippen molar-refractivity contribution in [3.63, 3.8) is 0 Å². The van der Waals surface area contributed by atoms with Crippen molar-refractivity contribution in [1.82, 2.24) is 10.2 Å². The molecule has 0 saturated heterocycles. The second-order valence-corrected chi connectivity index (χ2v) is 3.79. The maximum atomic E-state index is 14.0. The quantitative estimate of drug-likeness (QED) is 0.859. The van der Waals surface area contributed by atoms with Crippen molar-refractivity contribution < 1.29 is 9.50 Å². The number of hydrogen-bond acceptors (Lipinski definition) is 4. The summed E-state index contributed by atoms with van der Waals surface area (Å²) in [7, 11) is 0. The van der Waals surface area contributed by atoms with Gasteiger partial charge in [-0.2, -0.15) is 0 Å². The molecule has 0 unspecified atom stereocenters. The molecular formula is C11H9ClFN3O. The van der Waals surface area contributed by atoms with E-state index in [1.807, 2.05) is 0 Å². The van der Waals surface area contributed by atoms with Gasteiger partial charge < -0.3 is 10.8 Å². The van der Waals surface area contributed by atoms with Gasteiger partial charge in [-0.25, -0.2) is 4.39 Å². The van der Waals surface area contributed by atoms with Gasteiger partial charge in [-0.1, -0.05) is 29.8 Å². The molecule has 1 heterocycles. The van der Waals surface area contributed by atoms with Crippen LogP contribution in [0.3, 0.4) is 0 Å². The van der Waals surface area contributed by atoms with Crippen LogP contribution in [0.15, 0.2) is 24.3 Å². The lowest BCUT2D eigenvalue weighted by atomic mass is 10.0. The fourth-order valence-corrected chi connectivity index (χ4v) is 1.65. The SMILES string of the molecule is Nc1nnc(Cl)cc1-c1cccc(CO)c1F. The zero-order chi connectivity index (χ0) is 12.4. The van der Waals surface area contributed by atoms with Gasteiger partial charge in [0.1, 0.15) is 5.82 Å². The van der Waals surface area contributed by atoms with Gasteiger partial charge >= 0.3 is 0 Å². The Balaban J connectivity index is 2.64. The van der Waals surface area contributed by atoms with E-state index in [-0.39, 0.29) is 28.7 Å². The van der Waals surface area contributed by atoms with Crippen molar-refractivity contribution in [3.05, 3.63) is 40.8 Å². The van der Waals surface area contributed by atoms with Crippen LogP contribution in [0.25, 0.3) is 11.1 Å². The van der Waals surface area contributed by atoms with Crippen molar-refractivity contribution in [3.8, 4) is 11.1 Å². The standard InChI is InChI=1S/C11H9ClFN3O/c12-9-4-8(11(14)16-15-9)7-3-1-2-6(5-17)10(7)13/h1-4,17H,5H2,(H2,14,16). The van der Waals surface area contributed by atoms with Crippen molar-refractivity contribution in [1.29, 1.82) is 0 Å². The second-order valence-electron chi connectivity index (χ2n) is 3.40. The summed E-state index contributed by atoms with van der Waals surface area (Å²) in [4.78, 5) is 0. The first-order valence-electron chi connectivity index (χ1n) is 4.81. The number of rotatable bonds is 2. The minimum absolute atomic E-state index is 0.0865. The molecule has 2 aromatic rings. The lowest BCUT2D eigenvalue weighted by molar-refractivity contribution is 0.276. The highest BCUT2D eigenvalue weighted by molar-refractivity contribution is 6.29. The van der Waals surface area contributed by atoms with E-state index in [1.54, 1.807) is 6.07 Å². The van der Waals surface area contributed by atoms with Crippen LogP contribution in [0.2, 0.25) is 5.15 Å². The Morgan fingerprint density at radius 1 is 1.29 bits per heavy atom. The fourth-order valence-electron chi connectivity index (χ4n) is 1.50. The number of aromatic nitrogens is 2. The van der Waals surface area contributed by atoms with Crippen molar-refractivity contribution in [2.75, 3.05) is 5.73 Å². The third-order valence-corrected chi connectivity index (χ3v) is 2.52. The first kappa shape index (κ1) is 11.8. The molecule has 0 atom stereocenters. The smallest absolute Gasteiger partial charge is 0.154 e. The summed E-state index contributed by atoms with van der Waals surface area (Å²) in [6.45, 7) is -0.383. The van der Waals surface area contributed by atoms with Crippen LogP contribution in [0, 0.1) is 5.82 Å². The highest BCUT2D eigenvalue weighted by Crippen LogP contribution is 2.29. The highest BCUT2D eigenvalue weighted by Gasteiger charge is 2.13. The summed E-state index contributed by atoms with van der Waals surface area (Å²) in [6.07, 6.45) is 0. The molecule has 0 amide bonds. The Kier molecular flexibility index (Phi) is 3.21. The zero-order valence-electron chi connectivity index (χ0n) is 8.69. The summed E-state index contributed by atoms with van der Waals surface area (Å²) in [5, 5.41) is 16.3. The Bertz CT molecular complexity index is 562. The first-order chi connectivity index (χ1) is 8.13. The van der Waals surface area contributed by atoms with Crippen LogP contribution < -0.4 is 5.73 Å². The van der Waals surface area contributed by atoms with E-state index in [0.717, 1.165) is 0 Å². The molecule has 0 bridgehead atoms. The van der Waals surface area contributed by atoms with Gasteiger partial charge in [0.05, 0.1) is 6.61 Å². The minimum atomic E-state index is -0.536. The maximum absolute atomic E-state index is 14.0. The summed E-state index contributed by atoms with van der Waals surface area (Å²) >= 11 is 5.69. The molecule has 0 fully saturated rings. The molecule has 0 aliphatic rings. The van der Waals surface area contributed by atoms with E-state index < -0.39 is 5.82 Å². The highest BCUT2D eigenvalue weighted by atomic mass is 35.5. The van der Waals surface area contributed by atoms with Gasteiger partial charge in [0.2, 0.25) is 0 Å². The number of benzene rings is 1. The molecule has 0 aliphatic heterocycles. The van der Waals surface area contributed by atoms with E-state index >= 15 is 0 Å². The fraction of sp³-hybridized carbons (Fsp3) is 0.0909. The third-order valence-electron chi connectivity index (χ3n) is 2.33. The number of aliphatic hydroxyl groups is 1. The van der Waals surface area contributed by atoms with Crippen LogP contribution in [0.1, 0.15) is 5.56 Å². The van der Waals surface area contributed by atoms with E-state index in [9.17, 15) is 4.39 Å². The van der Waals surface area contributed by atoms with Gasteiger partial charge in [0.25, 0.3) is 0 Å². The number of hydrogen-bond donors (Lipinski definition) is 2. The summed E-state index contributed by atoms with van der Waals surface area (Å²) in [6, 6.07) is 6.09. The van der Waals surface area contributed by atoms with Crippen LogP contribution in [0.4, 0.5) is 10.2 Å². The number of anilines is 1. The Morgan fingerprint density at radius 3 is 2.76 bits per heavy atom.